The van der Waals surface area contributed by atoms with E-state index in [0.29, 0.717) is 0 Å². The summed E-state index contributed by atoms with van der Waals surface area (Å²) < 4.78 is 98.8. The van der Waals surface area contributed by atoms with E-state index in [9.17, 15) is 38.8 Å². The first-order valence-corrected chi connectivity index (χ1v) is 7.08. The molecule has 0 aliphatic heterocycles. The molecular formula is CHF3O9S3. The van der Waals surface area contributed by atoms with Crippen LogP contribution in [0.3, 0.4) is 0 Å². The van der Waals surface area contributed by atoms with Crippen molar-refractivity contribution in [2.24, 2.45) is 0 Å². The van der Waals surface area contributed by atoms with Crippen molar-refractivity contribution in [2.75, 3.05) is 0 Å². The third-order valence-electron chi connectivity index (χ3n) is 0.971. The van der Waals surface area contributed by atoms with Crippen molar-refractivity contribution < 1.29 is 52.0 Å². The highest BCUT2D eigenvalue weighted by atomic mass is 32.3. The van der Waals surface area contributed by atoms with Gasteiger partial charge in [0.15, 0.2) is 0 Å². The lowest BCUT2D eigenvalue weighted by Gasteiger charge is -2.08. The van der Waals surface area contributed by atoms with E-state index < -0.39 is 34.3 Å². The predicted octanol–water partition coefficient (Wildman–Crippen LogP) is -1.04. The van der Waals surface area contributed by atoms with Crippen molar-refractivity contribution in [3.05, 3.63) is 0 Å². The minimum atomic E-state index is -6.07. The maximum atomic E-state index is 11.4. The lowest BCUT2D eigenvalue weighted by molar-refractivity contribution is -0.00906. The lowest BCUT2D eigenvalue weighted by Crippen LogP contribution is -2.38. The number of hydrogen-bond acceptors (Lipinski definition) is 9. The van der Waals surface area contributed by atoms with Gasteiger partial charge >= 0.3 is 34.3 Å². The summed E-state index contributed by atoms with van der Waals surface area (Å²) in [4.78, 5) is 0. The van der Waals surface area contributed by atoms with E-state index >= 15 is 0 Å². The van der Waals surface area contributed by atoms with E-state index in [4.69, 9.17) is 0 Å². The molecule has 9 nitrogen and oxygen atoms in total. The second kappa shape index (κ2) is 4.80. The van der Waals surface area contributed by atoms with Crippen molar-refractivity contribution in [3.8, 4) is 0 Å². The van der Waals surface area contributed by atoms with Gasteiger partial charge < -0.3 is 0 Å². The van der Waals surface area contributed by atoms with Gasteiger partial charge in [0.2, 0.25) is 0 Å². The van der Waals surface area contributed by atoms with Gasteiger partial charge in [-0.3, -0.25) is 0 Å². The van der Waals surface area contributed by atoms with Crippen LogP contribution >= 0.6 is 0 Å². The molecular weight excluding hydrogens is 309 g/mol. The fraction of sp³-hybridized carbons (Fsp3) is 1.00. The monoisotopic (exact) mass is 310 g/mol. The lowest BCUT2D eigenvalue weighted by atomic mass is 11.9. The van der Waals surface area contributed by atoms with Gasteiger partial charge in [-0.05, 0) is 13.6 Å². The number of halogens is 3. The molecule has 0 aliphatic carbocycles. The van der Waals surface area contributed by atoms with E-state index in [1.165, 1.54) is 0 Å². The molecule has 0 amide bonds. The Hall–Kier alpha value is -0.480. The summed E-state index contributed by atoms with van der Waals surface area (Å²) in [6.07, 6.45) is 0. The standard InChI is InChI=1S/CHF3O9S3/c2-11-14(5,6)1(15(7,8)12-3)16(9,10)13-4/h1H. The molecule has 0 unspecified atom stereocenters. The fourth-order valence-electron chi connectivity index (χ4n) is 0.522. The summed E-state index contributed by atoms with van der Waals surface area (Å²) in [5.74, 6) is 0. The largest absolute Gasteiger partial charge is 0.344 e. The van der Waals surface area contributed by atoms with Crippen LogP contribution in [0.1, 0.15) is 0 Å². The molecule has 15 heteroatoms. The van der Waals surface area contributed by atoms with Gasteiger partial charge in [-0.2, -0.15) is 25.3 Å². The molecule has 0 heterocycles. The maximum absolute atomic E-state index is 11.4. The van der Waals surface area contributed by atoms with Crippen LogP contribution in [0.25, 0.3) is 0 Å². The van der Waals surface area contributed by atoms with Crippen LogP contribution in [-0.2, 0) is 43.5 Å². The molecule has 0 rings (SSSR count). The van der Waals surface area contributed by atoms with E-state index in [2.05, 4.69) is 0 Å². The molecule has 0 spiro atoms. The maximum Gasteiger partial charge on any atom is 0.344 e. The fourth-order valence-corrected chi connectivity index (χ4v) is 4.70. The average Bonchev–Trinajstić information content (AvgIpc) is 2.16. The molecule has 0 saturated carbocycles. The van der Waals surface area contributed by atoms with Crippen molar-refractivity contribution in [2.45, 2.75) is 3.91 Å². The van der Waals surface area contributed by atoms with Crippen molar-refractivity contribution in [1.29, 1.82) is 0 Å². The molecule has 0 radical (unpaired) electrons. The van der Waals surface area contributed by atoms with Crippen LogP contribution in [0.4, 0.5) is 13.6 Å². The first kappa shape index (κ1) is 15.5. The summed E-state index contributed by atoms with van der Waals surface area (Å²) in [7, 11) is -18.2. The average molecular weight is 310 g/mol. The highest BCUT2D eigenvalue weighted by molar-refractivity contribution is 8.20. The first-order chi connectivity index (χ1) is 7.05. The van der Waals surface area contributed by atoms with Crippen molar-refractivity contribution in [3.63, 3.8) is 0 Å². The van der Waals surface area contributed by atoms with Gasteiger partial charge in [0.05, 0.1) is 0 Å². The number of rotatable bonds is 6. The minimum Gasteiger partial charge on any atom is -0.194 e. The van der Waals surface area contributed by atoms with Crippen LogP contribution in [0.5, 0.6) is 0 Å². The normalized spacial score (nSPS) is 14.2. The molecule has 0 saturated heterocycles. The van der Waals surface area contributed by atoms with E-state index in [0.717, 1.165) is 0 Å². The van der Waals surface area contributed by atoms with Crippen LogP contribution in [0.2, 0.25) is 0 Å². The molecule has 0 N–H and O–H groups in total. The van der Waals surface area contributed by atoms with Gasteiger partial charge in [-0.25, -0.2) is 0 Å². The zero-order chi connectivity index (χ0) is 13.2. The molecule has 98 valence electrons. The Morgan fingerprint density at radius 3 is 0.938 bits per heavy atom. The zero-order valence-corrected chi connectivity index (χ0v) is 9.06. The Bertz CT molecular complexity index is 446. The minimum absolute atomic E-state index is 2.00. The molecule has 0 aromatic carbocycles. The Balaban J connectivity index is 6.03. The van der Waals surface area contributed by atoms with Crippen LogP contribution in [0.15, 0.2) is 0 Å². The van der Waals surface area contributed by atoms with E-state index in [1.54, 1.807) is 0 Å². The zero-order valence-electron chi connectivity index (χ0n) is 6.61. The highest BCUT2D eigenvalue weighted by Crippen LogP contribution is 2.22. The summed E-state index contributed by atoms with van der Waals surface area (Å²) >= 11 is 0. The van der Waals surface area contributed by atoms with Crippen LogP contribution in [0, 0.1) is 0 Å². The summed E-state index contributed by atoms with van der Waals surface area (Å²) in [5.41, 5.74) is 0. The predicted molar refractivity (Wildman–Crippen MR) is 37.1 cm³/mol. The van der Waals surface area contributed by atoms with Crippen molar-refractivity contribution in [1.82, 2.24) is 0 Å². The Labute approximate surface area is 86.8 Å². The van der Waals surface area contributed by atoms with Gasteiger partial charge in [0, 0.05) is 0 Å². The first-order valence-electron chi connectivity index (χ1n) is 2.67. The summed E-state index contributed by atoms with van der Waals surface area (Å²) in [6, 6.07) is 0. The summed E-state index contributed by atoms with van der Waals surface area (Å²) in [5, 5.41) is 0. The summed E-state index contributed by atoms with van der Waals surface area (Å²) in [6.45, 7) is 0. The smallest absolute Gasteiger partial charge is 0.194 e. The van der Waals surface area contributed by atoms with Gasteiger partial charge in [0.1, 0.15) is 0 Å². The molecule has 0 aromatic rings. The van der Waals surface area contributed by atoms with Gasteiger partial charge in [-0.15, -0.1) is 0 Å². The van der Waals surface area contributed by atoms with Crippen molar-refractivity contribution >= 4 is 30.4 Å². The highest BCUT2D eigenvalue weighted by Gasteiger charge is 2.54. The third kappa shape index (κ3) is 3.01. The number of hydrogen-bond donors (Lipinski definition) is 0. The molecule has 0 bridgehead atoms. The second-order valence-electron chi connectivity index (χ2n) is 1.96. The molecule has 0 aliphatic rings. The molecule has 0 fully saturated rings. The molecule has 0 atom stereocenters. The van der Waals surface area contributed by atoms with Crippen LogP contribution < -0.4 is 0 Å². The second-order valence-corrected chi connectivity index (χ2v) is 7.60. The topological polar surface area (TPSA) is 130 Å². The Morgan fingerprint density at radius 1 is 0.625 bits per heavy atom. The molecule has 16 heavy (non-hydrogen) atoms. The van der Waals surface area contributed by atoms with Crippen LogP contribution in [-0.4, -0.2) is 29.2 Å². The van der Waals surface area contributed by atoms with Gasteiger partial charge in [-0.1, -0.05) is 13.2 Å². The Kier molecular flexibility index (Phi) is 4.65. The quantitative estimate of drug-likeness (QED) is 0.603. The SMILES string of the molecule is O=S(=O)(OF)C(S(=O)(=O)OF)S(=O)(=O)OF. The third-order valence-corrected chi connectivity index (χ3v) is 7.15. The van der Waals surface area contributed by atoms with E-state index in [-0.39, 0.29) is 0 Å². The Morgan fingerprint density at radius 2 is 0.812 bits per heavy atom. The van der Waals surface area contributed by atoms with E-state index in [1.807, 2.05) is 13.2 Å². The van der Waals surface area contributed by atoms with Gasteiger partial charge in [0.25, 0.3) is 0 Å². The molecule has 0 aromatic heterocycles.